The monoisotopic (exact) mass is 378 g/mol. The Morgan fingerprint density at radius 1 is 1.00 bits per heavy atom. The van der Waals surface area contributed by atoms with Crippen molar-refractivity contribution in [1.82, 2.24) is 15.1 Å². The van der Waals surface area contributed by atoms with Gasteiger partial charge >= 0.3 is 6.03 Å². The molecule has 0 radical (unpaired) electrons. The molecule has 144 valence electrons. The molecule has 6 nitrogen and oxygen atoms in total. The zero-order valence-electron chi connectivity index (χ0n) is 15.4. The molecule has 2 fully saturated rings. The van der Waals surface area contributed by atoms with Crippen molar-refractivity contribution in [2.45, 2.75) is 6.42 Å². The minimum absolute atomic E-state index is 0.142. The highest BCUT2D eigenvalue weighted by Crippen LogP contribution is 2.13. The lowest BCUT2D eigenvalue weighted by Gasteiger charge is -2.26. The van der Waals surface area contributed by atoms with Crippen LogP contribution in [0.15, 0.2) is 24.3 Å². The third-order valence-electron chi connectivity index (χ3n) is 4.85. The average molecular weight is 379 g/mol. The van der Waals surface area contributed by atoms with Crippen LogP contribution in [0.4, 0.5) is 10.5 Å². The fourth-order valence-corrected chi connectivity index (χ4v) is 4.17. The van der Waals surface area contributed by atoms with Gasteiger partial charge in [-0.3, -0.25) is 4.90 Å². The summed E-state index contributed by atoms with van der Waals surface area (Å²) in [6, 6.07) is 8.06. The smallest absolute Gasteiger partial charge is 0.319 e. The van der Waals surface area contributed by atoms with Gasteiger partial charge in [-0.05, 0) is 24.1 Å². The summed E-state index contributed by atoms with van der Waals surface area (Å²) in [5.74, 6) is 2.51. The minimum Gasteiger partial charge on any atom is -0.379 e. The first kappa shape index (κ1) is 19.5. The molecule has 2 N–H and O–H groups in total. The van der Waals surface area contributed by atoms with Gasteiger partial charge in [0.05, 0.1) is 13.2 Å². The number of benzene rings is 1. The van der Waals surface area contributed by atoms with Gasteiger partial charge in [-0.15, -0.1) is 0 Å². The van der Waals surface area contributed by atoms with Gasteiger partial charge in [-0.1, -0.05) is 12.1 Å². The minimum atomic E-state index is -0.142. The molecule has 0 atom stereocenters. The number of urea groups is 1. The maximum absolute atomic E-state index is 12.0. The topological polar surface area (TPSA) is 56.8 Å². The lowest BCUT2D eigenvalue weighted by Crippen LogP contribution is -2.42. The van der Waals surface area contributed by atoms with Crippen molar-refractivity contribution in [3.63, 3.8) is 0 Å². The Morgan fingerprint density at radius 2 is 1.69 bits per heavy atom. The van der Waals surface area contributed by atoms with Crippen molar-refractivity contribution < 1.29 is 9.53 Å². The van der Waals surface area contributed by atoms with Gasteiger partial charge in [0, 0.05) is 63.0 Å². The number of ether oxygens (including phenoxy) is 1. The second kappa shape index (κ2) is 10.8. The van der Waals surface area contributed by atoms with E-state index in [4.69, 9.17) is 4.74 Å². The largest absolute Gasteiger partial charge is 0.379 e. The van der Waals surface area contributed by atoms with E-state index in [-0.39, 0.29) is 6.03 Å². The molecular weight excluding hydrogens is 348 g/mol. The molecule has 2 amide bonds. The van der Waals surface area contributed by atoms with E-state index in [0.717, 1.165) is 51.5 Å². The number of thioether (sulfide) groups is 1. The SMILES string of the molecule is O=C(NCCN1CCOCC1)Nc1ccc(CCN2CCSCC2)cc1. The fraction of sp³-hybridized carbons (Fsp3) is 0.632. The van der Waals surface area contributed by atoms with Crippen molar-refractivity contribution in [3.8, 4) is 0 Å². The Balaban J connectivity index is 1.33. The van der Waals surface area contributed by atoms with Gasteiger partial charge in [0.25, 0.3) is 0 Å². The molecule has 0 aliphatic carbocycles. The quantitative estimate of drug-likeness (QED) is 0.757. The Morgan fingerprint density at radius 3 is 2.42 bits per heavy atom. The van der Waals surface area contributed by atoms with Crippen LogP contribution in [0.3, 0.4) is 0 Å². The highest BCUT2D eigenvalue weighted by Gasteiger charge is 2.11. The van der Waals surface area contributed by atoms with Gasteiger partial charge in [-0.25, -0.2) is 4.79 Å². The molecule has 0 unspecified atom stereocenters. The van der Waals surface area contributed by atoms with E-state index in [9.17, 15) is 4.79 Å². The van der Waals surface area contributed by atoms with Crippen LogP contribution in [-0.2, 0) is 11.2 Å². The Kier molecular flexibility index (Phi) is 8.07. The van der Waals surface area contributed by atoms with Crippen LogP contribution >= 0.6 is 11.8 Å². The molecule has 0 aromatic heterocycles. The number of nitrogens with one attached hydrogen (secondary N) is 2. The highest BCUT2D eigenvalue weighted by molar-refractivity contribution is 7.99. The molecular formula is C19H30N4O2S. The van der Waals surface area contributed by atoms with Crippen molar-refractivity contribution in [1.29, 1.82) is 0 Å². The van der Waals surface area contributed by atoms with E-state index in [0.29, 0.717) is 6.54 Å². The standard InChI is InChI=1S/C19H30N4O2S/c24-19(20-6-8-23-9-13-25-14-10-23)21-18-3-1-17(2-4-18)5-7-22-11-15-26-16-12-22/h1-4H,5-16H2,(H2,20,21,24). The second-order valence-electron chi connectivity index (χ2n) is 6.74. The molecule has 2 heterocycles. The van der Waals surface area contributed by atoms with Gasteiger partial charge in [-0.2, -0.15) is 11.8 Å². The highest BCUT2D eigenvalue weighted by atomic mass is 32.2. The van der Waals surface area contributed by atoms with Crippen LogP contribution < -0.4 is 10.6 Å². The molecule has 0 saturated carbocycles. The number of morpholine rings is 1. The average Bonchev–Trinajstić information content (AvgIpc) is 2.69. The summed E-state index contributed by atoms with van der Waals surface area (Å²) >= 11 is 2.05. The first-order valence-electron chi connectivity index (χ1n) is 9.53. The lowest BCUT2D eigenvalue weighted by atomic mass is 10.1. The van der Waals surface area contributed by atoms with Crippen LogP contribution in [0, 0.1) is 0 Å². The van der Waals surface area contributed by atoms with E-state index < -0.39 is 0 Å². The first-order valence-corrected chi connectivity index (χ1v) is 10.7. The fourth-order valence-electron chi connectivity index (χ4n) is 3.19. The maximum atomic E-state index is 12.0. The van der Waals surface area contributed by atoms with Crippen molar-refractivity contribution in [2.75, 3.05) is 75.8 Å². The van der Waals surface area contributed by atoms with E-state index in [2.05, 4.69) is 32.6 Å². The molecule has 2 saturated heterocycles. The van der Waals surface area contributed by atoms with E-state index >= 15 is 0 Å². The normalized spacial score (nSPS) is 19.2. The van der Waals surface area contributed by atoms with E-state index in [1.165, 1.54) is 30.2 Å². The number of hydrogen-bond acceptors (Lipinski definition) is 5. The summed E-state index contributed by atoms with van der Waals surface area (Å²) in [4.78, 5) is 16.8. The van der Waals surface area contributed by atoms with E-state index in [1.807, 2.05) is 23.9 Å². The molecule has 7 heteroatoms. The maximum Gasteiger partial charge on any atom is 0.319 e. The van der Waals surface area contributed by atoms with Crippen LogP contribution in [-0.4, -0.2) is 86.4 Å². The Bertz CT molecular complexity index is 543. The van der Waals surface area contributed by atoms with Crippen molar-refractivity contribution in [3.05, 3.63) is 29.8 Å². The Labute approximate surface area is 160 Å². The van der Waals surface area contributed by atoms with E-state index in [1.54, 1.807) is 0 Å². The Hall–Kier alpha value is -1.28. The van der Waals surface area contributed by atoms with Crippen LogP contribution in [0.1, 0.15) is 5.56 Å². The third kappa shape index (κ3) is 6.79. The number of amides is 2. The molecule has 1 aromatic rings. The molecule has 26 heavy (non-hydrogen) atoms. The lowest BCUT2D eigenvalue weighted by molar-refractivity contribution is 0.0388. The van der Waals surface area contributed by atoms with Gasteiger partial charge in [0.15, 0.2) is 0 Å². The summed E-state index contributed by atoms with van der Waals surface area (Å²) in [7, 11) is 0. The zero-order valence-corrected chi connectivity index (χ0v) is 16.2. The number of carbonyl (C=O) groups is 1. The van der Waals surface area contributed by atoms with Gasteiger partial charge < -0.3 is 20.3 Å². The van der Waals surface area contributed by atoms with Crippen LogP contribution in [0.5, 0.6) is 0 Å². The molecule has 3 rings (SSSR count). The number of hydrogen-bond donors (Lipinski definition) is 2. The number of nitrogens with zero attached hydrogens (tertiary/aromatic N) is 2. The summed E-state index contributed by atoms with van der Waals surface area (Å²) in [6.45, 7) is 8.51. The summed E-state index contributed by atoms with van der Waals surface area (Å²) < 4.78 is 5.32. The summed E-state index contributed by atoms with van der Waals surface area (Å²) in [6.07, 6.45) is 1.07. The molecule has 1 aromatic carbocycles. The summed E-state index contributed by atoms with van der Waals surface area (Å²) in [5, 5.41) is 5.83. The molecule has 0 bridgehead atoms. The molecule has 0 spiro atoms. The predicted octanol–water partition coefficient (Wildman–Crippen LogP) is 1.73. The zero-order chi connectivity index (χ0) is 18.0. The third-order valence-corrected chi connectivity index (χ3v) is 5.79. The van der Waals surface area contributed by atoms with Crippen LogP contribution in [0.2, 0.25) is 0 Å². The first-order chi connectivity index (χ1) is 12.8. The molecule has 2 aliphatic heterocycles. The molecule has 2 aliphatic rings. The van der Waals surface area contributed by atoms with Crippen molar-refractivity contribution >= 4 is 23.5 Å². The predicted molar refractivity (Wildman–Crippen MR) is 108 cm³/mol. The van der Waals surface area contributed by atoms with Gasteiger partial charge in [0.1, 0.15) is 0 Å². The summed E-state index contributed by atoms with van der Waals surface area (Å²) in [5.41, 5.74) is 2.16. The number of rotatable bonds is 7. The second-order valence-corrected chi connectivity index (χ2v) is 7.96. The number of carbonyl (C=O) groups excluding carboxylic acids is 1. The van der Waals surface area contributed by atoms with Crippen LogP contribution in [0.25, 0.3) is 0 Å². The van der Waals surface area contributed by atoms with Crippen molar-refractivity contribution in [2.24, 2.45) is 0 Å². The van der Waals surface area contributed by atoms with Gasteiger partial charge in [0.2, 0.25) is 0 Å². The number of anilines is 1.